The first-order chi connectivity index (χ1) is 18.8. The first-order valence-electron chi connectivity index (χ1n) is 12.1. The van der Waals surface area contributed by atoms with Crippen LogP contribution in [0.1, 0.15) is 31.1 Å². The van der Waals surface area contributed by atoms with E-state index in [1.165, 1.54) is 7.05 Å². The van der Waals surface area contributed by atoms with Gasteiger partial charge in [-0.15, -0.1) is 0 Å². The molecule has 2 N–H and O–H groups in total. The standard InChI is InChI=1S/C27H21Cl2NO3.C2H6N2OS/c1-16(2)27-21(26(30-33-27)25-22(28)4-3-5-23(25)29)15-32-20-9-6-17(7-10-20)18-8-11-24-19(14-18)12-13-31-24;1-3-2(5)4-6/h3-14,16H,15H2,1-2H3;6H,1H3,(H2,3,4,5). The van der Waals surface area contributed by atoms with Crippen LogP contribution in [0.5, 0.6) is 5.75 Å². The molecule has 0 fully saturated rings. The summed E-state index contributed by atoms with van der Waals surface area (Å²) in [6.45, 7) is 4.38. The lowest BCUT2D eigenvalue weighted by Gasteiger charge is -2.11. The summed E-state index contributed by atoms with van der Waals surface area (Å²) in [4.78, 5) is 9.88. The van der Waals surface area contributed by atoms with Crippen molar-refractivity contribution in [3.8, 4) is 28.1 Å². The number of thiol groups is 1. The van der Waals surface area contributed by atoms with E-state index in [0.717, 1.165) is 39.2 Å². The van der Waals surface area contributed by atoms with E-state index in [-0.39, 0.29) is 18.6 Å². The lowest BCUT2D eigenvalue weighted by Crippen LogP contribution is -2.25. The van der Waals surface area contributed by atoms with E-state index in [9.17, 15) is 4.79 Å². The fourth-order valence-corrected chi connectivity index (χ4v) is 4.63. The van der Waals surface area contributed by atoms with Gasteiger partial charge in [0.25, 0.3) is 0 Å². The van der Waals surface area contributed by atoms with E-state index >= 15 is 0 Å². The van der Waals surface area contributed by atoms with Gasteiger partial charge in [-0.2, -0.15) is 0 Å². The lowest BCUT2D eigenvalue weighted by atomic mass is 10.0. The maximum absolute atomic E-state index is 9.88. The number of nitrogens with one attached hydrogen (secondary N) is 2. The summed E-state index contributed by atoms with van der Waals surface area (Å²) in [5.74, 6) is 1.63. The molecule has 3 aromatic carbocycles. The van der Waals surface area contributed by atoms with Crippen LogP contribution in [0.15, 0.2) is 81.9 Å². The fraction of sp³-hybridized carbons (Fsp3) is 0.172. The fourth-order valence-electron chi connectivity index (χ4n) is 3.94. The summed E-state index contributed by atoms with van der Waals surface area (Å²) in [6.07, 6.45) is 1.70. The zero-order valence-electron chi connectivity index (χ0n) is 21.5. The number of aromatic nitrogens is 1. The summed E-state index contributed by atoms with van der Waals surface area (Å²) < 4.78 is 19.3. The maximum Gasteiger partial charge on any atom is 0.324 e. The molecule has 2 aromatic heterocycles. The summed E-state index contributed by atoms with van der Waals surface area (Å²) in [7, 11) is 1.52. The van der Waals surface area contributed by atoms with Gasteiger partial charge < -0.3 is 19.0 Å². The number of benzene rings is 3. The first-order valence-corrected chi connectivity index (χ1v) is 13.3. The Balaban J connectivity index is 0.000000531. The van der Waals surface area contributed by atoms with E-state index in [2.05, 4.69) is 34.1 Å². The summed E-state index contributed by atoms with van der Waals surface area (Å²) in [5.41, 5.74) is 5.20. The van der Waals surface area contributed by atoms with Gasteiger partial charge in [0.2, 0.25) is 0 Å². The van der Waals surface area contributed by atoms with E-state index in [0.29, 0.717) is 21.3 Å². The summed E-state index contributed by atoms with van der Waals surface area (Å²) in [6, 6.07) is 21.2. The van der Waals surface area contributed by atoms with Crippen molar-refractivity contribution in [3.63, 3.8) is 0 Å². The van der Waals surface area contributed by atoms with Crippen LogP contribution in [0.25, 0.3) is 33.4 Å². The van der Waals surface area contributed by atoms with E-state index in [1.54, 1.807) is 24.5 Å². The third kappa shape index (κ3) is 6.71. The van der Waals surface area contributed by atoms with Crippen LogP contribution >= 0.6 is 36.0 Å². The maximum atomic E-state index is 9.88. The number of ether oxygens (including phenoxy) is 1. The van der Waals surface area contributed by atoms with Crippen LogP contribution in [-0.2, 0) is 6.61 Å². The molecule has 0 aliphatic rings. The predicted molar refractivity (Wildman–Crippen MR) is 159 cm³/mol. The van der Waals surface area contributed by atoms with Gasteiger partial charge in [0.1, 0.15) is 29.4 Å². The highest BCUT2D eigenvalue weighted by molar-refractivity contribution is 7.78. The quantitative estimate of drug-likeness (QED) is 0.174. The molecule has 0 atom stereocenters. The van der Waals surface area contributed by atoms with Crippen molar-refractivity contribution in [2.24, 2.45) is 0 Å². The van der Waals surface area contributed by atoms with Crippen LogP contribution in [-0.4, -0.2) is 18.2 Å². The molecule has 0 aliphatic carbocycles. The number of carbonyl (C=O) groups excluding carboxylic acids is 1. The second-order valence-corrected chi connectivity index (χ2v) is 9.84. The highest BCUT2D eigenvalue weighted by atomic mass is 35.5. The van der Waals surface area contributed by atoms with Crippen molar-refractivity contribution in [3.05, 3.63) is 94.4 Å². The molecule has 0 saturated heterocycles. The van der Waals surface area contributed by atoms with Crippen LogP contribution in [0, 0.1) is 0 Å². The van der Waals surface area contributed by atoms with Crippen molar-refractivity contribution in [1.82, 2.24) is 15.2 Å². The van der Waals surface area contributed by atoms with Gasteiger partial charge in [0.15, 0.2) is 0 Å². The molecular weight excluding hydrogens is 557 g/mol. The summed E-state index contributed by atoms with van der Waals surface area (Å²) >= 11 is 16.3. The van der Waals surface area contributed by atoms with Gasteiger partial charge in [-0.05, 0) is 53.6 Å². The molecule has 0 aliphatic heterocycles. The van der Waals surface area contributed by atoms with Gasteiger partial charge >= 0.3 is 6.03 Å². The molecule has 5 rings (SSSR count). The third-order valence-electron chi connectivity index (χ3n) is 5.89. The van der Waals surface area contributed by atoms with Crippen molar-refractivity contribution in [1.29, 1.82) is 0 Å². The van der Waals surface area contributed by atoms with Crippen molar-refractivity contribution >= 4 is 53.0 Å². The normalized spacial score (nSPS) is 10.7. The molecule has 0 radical (unpaired) electrons. The second-order valence-electron chi connectivity index (χ2n) is 8.80. The zero-order chi connectivity index (χ0) is 27.9. The molecule has 0 bridgehead atoms. The Morgan fingerprint density at radius 3 is 2.33 bits per heavy atom. The van der Waals surface area contributed by atoms with Crippen molar-refractivity contribution in [2.45, 2.75) is 26.4 Å². The Hall–Kier alpha value is -3.59. The largest absolute Gasteiger partial charge is 0.489 e. The molecule has 7 nitrogen and oxygen atoms in total. The molecule has 0 spiro atoms. The van der Waals surface area contributed by atoms with E-state index in [4.69, 9.17) is 36.9 Å². The number of hydrogen-bond acceptors (Lipinski definition) is 6. The smallest absolute Gasteiger partial charge is 0.324 e. The minimum atomic E-state index is -0.293. The molecular formula is C29H27Cl2N3O4S. The zero-order valence-corrected chi connectivity index (χ0v) is 23.9. The number of amides is 2. The first kappa shape index (κ1) is 28.4. The van der Waals surface area contributed by atoms with Crippen molar-refractivity contribution < 1.29 is 18.5 Å². The van der Waals surface area contributed by atoms with E-state index < -0.39 is 0 Å². The van der Waals surface area contributed by atoms with Gasteiger partial charge in [-0.3, -0.25) is 4.72 Å². The topological polar surface area (TPSA) is 89.5 Å². The Bertz CT molecular complexity index is 1540. The van der Waals surface area contributed by atoms with E-state index in [1.807, 2.05) is 56.3 Å². The van der Waals surface area contributed by atoms with Crippen LogP contribution < -0.4 is 14.8 Å². The molecule has 202 valence electrons. The number of carbonyl (C=O) groups is 1. The molecule has 5 aromatic rings. The Morgan fingerprint density at radius 2 is 1.72 bits per heavy atom. The Labute approximate surface area is 242 Å². The lowest BCUT2D eigenvalue weighted by molar-refractivity contribution is 0.248. The minimum absolute atomic E-state index is 0.131. The molecule has 2 heterocycles. The highest BCUT2D eigenvalue weighted by Crippen LogP contribution is 2.39. The average molecular weight is 585 g/mol. The van der Waals surface area contributed by atoms with Crippen LogP contribution in [0.3, 0.4) is 0 Å². The van der Waals surface area contributed by atoms with Crippen molar-refractivity contribution in [2.75, 3.05) is 7.05 Å². The minimum Gasteiger partial charge on any atom is -0.489 e. The molecule has 39 heavy (non-hydrogen) atoms. The van der Waals surface area contributed by atoms with Gasteiger partial charge in [-0.1, -0.05) is 79.3 Å². The number of urea groups is 1. The molecule has 10 heteroatoms. The molecule has 0 unspecified atom stereocenters. The summed E-state index contributed by atoms with van der Waals surface area (Å²) in [5, 5.41) is 8.69. The third-order valence-corrected chi connectivity index (χ3v) is 6.73. The Morgan fingerprint density at radius 1 is 1.03 bits per heavy atom. The number of halogens is 2. The van der Waals surface area contributed by atoms with Crippen LogP contribution in [0.4, 0.5) is 4.79 Å². The number of hydrogen-bond donors (Lipinski definition) is 3. The number of rotatable bonds is 6. The highest BCUT2D eigenvalue weighted by Gasteiger charge is 2.23. The SMILES string of the molecule is CC(C)c1onc(-c2c(Cl)cccc2Cl)c1COc1ccc(-c2ccc3occc3c2)cc1.CNC(=O)NS. The Kier molecular flexibility index (Phi) is 9.45. The predicted octanol–water partition coefficient (Wildman–Crippen LogP) is 8.52. The monoisotopic (exact) mass is 583 g/mol. The number of furan rings is 1. The average Bonchev–Trinajstić information content (AvgIpc) is 3.59. The van der Waals surface area contributed by atoms with Crippen LogP contribution in [0.2, 0.25) is 10.0 Å². The van der Waals surface area contributed by atoms with Gasteiger partial charge in [0.05, 0.1) is 21.9 Å². The molecule has 0 saturated carbocycles. The second kappa shape index (κ2) is 13.0. The van der Waals surface area contributed by atoms with Gasteiger partial charge in [0, 0.05) is 23.9 Å². The number of fused-ring (bicyclic) bond motifs is 1. The number of nitrogens with zero attached hydrogens (tertiary/aromatic N) is 1. The van der Waals surface area contributed by atoms with Gasteiger partial charge in [-0.25, -0.2) is 4.79 Å². The molecule has 2 amide bonds.